The molecule has 3 nitrogen and oxygen atoms in total. The topological polar surface area (TPSA) is 24.5 Å². The van der Waals surface area contributed by atoms with E-state index in [1.807, 2.05) is 0 Å². The Morgan fingerprint density at radius 2 is 1.86 bits per heavy atom. The molecule has 3 heterocycles. The molecule has 0 aromatic carbocycles. The van der Waals surface area contributed by atoms with Gasteiger partial charge in [0.25, 0.3) is 0 Å². The highest BCUT2D eigenvalue weighted by Gasteiger charge is 2.41. The SMILES string of the molecule is C1CCC2(CC1)CCC(CNC1CCN3CCCC3C1)O2. The molecule has 3 heteroatoms. The van der Waals surface area contributed by atoms with E-state index in [0.717, 1.165) is 18.6 Å². The van der Waals surface area contributed by atoms with Crippen LogP contribution in [-0.2, 0) is 4.74 Å². The summed E-state index contributed by atoms with van der Waals surface area (Å²) < 4.78 is 6.49. The summed E-state index contributed by atoms with van der Waals surface area (Å²) in [5.41, 5.74) is 0.291. The molecule has 3 saturated heterocycles. The van der Waals surface area contributed by atoms with E-state index >= 15 is 0 Å². The van der Waals surface area contributed by atoms with Crippen LogP contribution in [-0.4, -0.2) is 48.3 Å². The van der Waals surface area contributed by atoms with Crippen LogP contribution < -0.4 is 5.32 Å². The number of fused-ring (bicyclic) bond motifs is 1. The normalized spacial score (nSPS) is 39.7. The molecule has 21 heavy (non-hydrogen) atoms. The van der Waals surface area contributed by atoms with E-state index in [4.69, 9.17) is 4.74 Å². The summed E-state index contributed by atoms with van der Waals surface area (Å²) in [7, 11) is 0. The minimum atomic E-state index is 0.291. The van der Waals surface area contributed by atoms with Gasteiger partial charge < -0.3 is 15.0 Å². The zero-order chi connectivity index (χ0) is 14.1. The van der Waals surface area contributed by atoms with Crippen LogP contribution in [0.1, 0.15) is 70.6 Å². The van der Waals surface area contributed by atoms with Crippen LogP contribution in [0.15, 0.2) is 0 Å². The second-order valence-corrected chi connectivity index (χ2v) is 7.98. The molecule has 3 atom stereocenters. The monoisotopic (exact) mass is 292 g/mol. The van der Waals surface area contributed by atoms with Crippen molar-refractivity contribution in [3.8, 4) is 0 Å². The third-order valence-electron chi connectivity index (χ3n) is 6.56. The number of hydrogen-bond donors (Lipinski definition) is 1. The molecule has 0 aromatic rings. The van der Waals surface area contributed by atoms with E-state index in [2.05, 4.69) is 10.2 Å². The summed E-state index contributed by atoms with van der Waals surface area (Å²) in [6.07, 6.45) is 15.5. The van der Waals surface area contributed by atoms with Gasteiger partial charge in [0, 0.05) is 18.6 Å². The summed E-state index contributed by atoms with van der Waals surface area (Å²) in [5.74, 6) is 0. The first-order valence-electron chi connectivity index (χ1n) is 9.48. The van der Waals surface area contributed by atoms with Crippen LogP contribution in [0.25, 0.3) is 0 Å². The second kappa shape index (κ2) is 6.17. The first-order chi connectivity index (χ1) is 10.3. The van der Waals surface area contributed by atoms with Crippen LogP contribution in [0.5, 0.6) is 0 Å². The molecule has 120 valence electrons. The molecule has 0 amide bonds. The third kappa shape index (κ3) is 3.16. The highest BCUT2D eigenvalue weighted by Crippen LogP contribution is 2.41. The van der Waals surface area contributed by atoms with E-state index in [1.54, 1.807) is 0 Å². The quantitative estimate of drug-likeness (QED) is 0.865. The molecule has 3 aliphatic heterocycles. The lowest BCUT2D eigenvalue weighted by molar-refractivity contribution is -0.0634. The van der Waals surface area contributed by atoms with Gasteiger partial charge in [-0.15, -0.1) is 0 Å². The Labute approximate surface area is 129 Å². The van der Waals surface area contributed by atoms with Crippen molar-refractivity contribution in [3.63, 3.8) is 0 Å². The van der Waals surface area contributed by atoms with E-state index < -0.39 is 0 Å². The summed E-state index contributed by atoms with van der Waals surface area (Å²) in [6, 6.07) is 1.63. The number of hydrogen-bond acceptors (Lipinski definition) is 3. The van der Waals surface area contributed by atoms with Crippen molar-refractivity contribution < 1.29 is 4.74 Å². The maximum absolute atomic E-state index is 6.49. The van der Waals surface area contributed by atoms with Gasteiger partial charge in [-0.05, 0) is 64.5 Å². The Morgan fingerprint density at radius 3 is 2.76 bits per heavy atom. The first-order valence-corrected chi connectivity index (χ1v) is 9.48. The zero-order valence-electron chi connectivity index (χ0n) is 13.5. The highest BCUT2D eigenvalue weighted by atomic mass is 16.5. The maximum atomic E-state index is 6.49. The van der Waals surface area contributed by atoms with Crippen molar-refractivity contribution in [1.29, 1.82) is 0 Å². The van der Waals surface area contributed by atoms with Crippen molar-refractivity contribution in [2.75, 3.05) is 19.6 Å². The Hall–Kier alpha value is -0.120. The second-order valence-electron chi connectivity index (χ2n) is 7.98. The van der Waals surface area contributed by atoms with Gasteiger partial charge in [-0.1, -0.05) is 19.3 Å². The fourth-order valence-corrected chi connectivity index (χ4v) is 5.31. The van der Waals surface area contributed by atoms with Crippen LogP contribution in [0, 0.1) is 0 Å². The van der Waals surface area contributed by atoms with Gasteiger partial charge in [0.2, 0.25) is 0 Å². The minimum absolute atomic E-state index is 0.291. The average Bonchev–Trinajstić information content (AvgIpc) is 3.13. The molecule has 4 aliphatic rings. The maximum Gasteiger partial charge on any atom is 0.0708 e. The number of nitrogens with zero attached hydrogens (tertiary/aromatic N) is 1. The predicted octanol–water partition coefficient (Wildman–Crippen LogP) is 3.08. The Kier molecular flexibility index (Phi) is 4.25. The van der Waals surface area contributed by atoms with E-state index in [1.165, 1.54) is 83.7 Å². The van der Waals surface area contributed by atoms with E-state index in [9.17, 15) is 0 Å². The number of rotatable bonds is 3. The summed E-state index contributed by atoms with van der Waals surface area (Å²) in [6.45, 7) is 3.77. The number of ether oxygens (including phenoxy) is 1. The average molecular weight is 292 g/mol. The molecule has 1 spiro atoms. The van der Waals surface area contributed by atoms with Crippen LogP contribution >= 0.6 is 0 Å². The summed E-state index contributed by atoms with van der Waals surface area (Å²) in [5, 5.41) is 3.85. The predicted molar refractivity (Wildman–Crippen MR) is 85.5 cm³/mol. The summed E-state index contributed by atoms with van der Waals surface area (Å²) in [4.78, 5) is 2.71. The van der Waals surface area contributed by atoms with Crippen molar-refractivity contribution in [2.24, 2.45) is 0 Å². The van der Waals surface area contributed by atoms with Crippen molar-refractivity contribution in [1.82, 2.24) is 10.2 Å². The van der Waals surface area contributed by atoms with Gasteiger partial charge in [-0.25, -0.2) is 0 Å². The van der Waals surface area contributed by atoms with Gasteiger partial charge in [0.05, 0.1) is 11.7 Å². The van der Waals surface area contributed by atoms with Crippen molar-refractivity contribution in [2.45, 2.75) is 94.4 Å². The van der Waals surface area contributed by atoms with Gasteiger partial charge in [0.1, 0.15) is 0 Å². The molecule has 1 aliphatic carbocycles. The van der Waals surface area contributed by atoms with Gasteiger partial charge in [0.15, 0.2) is 0 Å². The Morgan fingerprint density at radius 1 is 0.952 bits per heavy atom. The standard InChI is InChI=1S/C18H32N2O/c1-2-8-18(9-3-1)10-6-17(21-18)14-19-15-7-12-20-11-4-5-16(20)13-15/h15-17,19H,1-14H2. The van der Waals surface area contributed by atoms with Crippen LogP contribution in [0.4, 0.5) is 0 Å². The molecule has 3 unspecified atom stereocenters. The van der Waals surface area contributed by atoms with Gasteiger partial charge in [-0.2, -0.15) is 0 Å². The van der Waals surface area contributed by atoms with Crippen LogP contribution in [0.2, 0.25) is 0 Å². The van der Waals surface area contributed by atoms with E-state index in [0.29, 0.717) is 11.7 Å². The molecule has 0 radical (unpaired) electrons. The fraction of sp³-hybridized carbons (Fsp3) is 1.00. The molecule has 0 bridgehead atoms. The minimum Gasteiger partial charge on any atom is -0.370 e. The summed E-state index contributed by atoms with van der Waals surface area (Å²) >= 11 is 0. The lowest BCUT2D eigenvalue weighted by Gasteiger charge is -2.36. The molecule has 4 fully saturated rings. The largest absolute Gasteiger partial charge is 0.370 e. The fourth-order valence-electron chi connectivity index (χ4n) is 5.31. The lowest BCUT2D eigenvalue weighted by atomic mass is 9.83. The molecule has 1 saturated carbocycles. The third-order valence-corrected chi connectivity index (χ3v) is 6.56. The first kappa shape index (κ1) is 14.5. The van der Waals surface area contributed by atoms with Crippen LogP contribution in [0.3, 0.4) is 0 Å². The molecule has 4 rings (SSSR count). The molecular weight excluding hydrogens is 260 g/mol. The Balaban J connectivity index is 1.22. The van der Waals surface area contributed by atoms with Crippen molar-refractivity contribution in [3.05, 3.63) is 0 Å². The number of nitrogens with one attached hydrogen (secondary N) is 1. The zero-order valence-corrected chi connectivity index (χ0v) is 13.5. The van der Waals surface area contributed by atoms with E-state index in [-0.39, 0.29) is 0 Å². The van der Waals surface area contributed by atoms with Gasteiger partial charge >= 0.3 is 0 Å². The highest BCUT2D eigenvalue weighted by molar-refractivity contribution is 4.93. The van der Waals surface area contributed by atoms with Gasteiger partial charge in [-0.3, -0.25) is 0 Å². The lowest BCUT2D eigenvalue weighted by Crippen LogP contribution is -2.47. The molecule has 1 N–H and O–H groups in total. The Bertz CT molecular complexity index is 353. The number of piperidine rings is 1. The molecule has 0 aromatic heterocycles. The van der Waals surface area contributed by atoms with Crippen molar-refractivity contribution >= 4 is 0 Å². The molecular formula is C18H32N2O. The smallest absolute Gasteiger partial charge is 0.0708 e.